The van der Waals surface area contributed by atoms with Gasteiger partial charge in [0, 0.05) is 19.4 Å². The molecule has 4 aromatic rings. The van der Waals surface area contributed by atoms with Crippen LogP contribution < -0.4 is 0 Å². The first kappa shape index (κ1) is 18.6. The van der Waals surface area contributed by atoms with Crippen LogP contribution >= 0.6 is 0 Å². The van der Waals surface area contributed by atoms with Crippen molar-refractivity contribution < 1.29 is 9.53 Å². The van der Waals surface area contributed by atoms with Gasteiger partial charge in [-0.1, -0.05) is 42.5 Å². The van der Waals surface area contributed by atoms with Crippen molar-refractivity contribution in [2.24, 2.45) is 10.9 Å². The number of hydrogen-bond acceptors (Lipinski definition) is 5. The molecule has 0 bridgehead atoms. The average Bonchev–Trinajstić information content (AvgIpc) is 3.05. The highest BCUT2D eigenvalue weighted by Gasteiger charge is 2.35. The Morgan fingerprint density at radius 2 is 1.70 bits per heavy atom. The van der Waals surface area contributed by atoms with Crippen LogP contribution in [0.2, 0.25) is 0 Å². The van der Waals surface area contributed by atoms with E-state index in [1.54, 1.807) is 7.11 Å². The summed E-state index contributed by atoms with van der Waals surface area (Å²) < 4.78 is 7.24. The Labute approximate surface area is 174 Å². The van der Waals surface area contributed by atoms with Gasteiger partial charge in [0.05, 0.1) is 29.1 Å². The molecule has 1 aliphatic rings. The number of para-hydroxylation sites is 2. The maximum atomic E-state index is 13.5. The maximum Gasteiger partial charge on any atom is 0.177 e. The number of carbonyl (C=O) groups is 1. The monoisotopic (exact) mass is 398 g/mol. The van der Waals surface area contributed by atoms with Crippen LogP contribution in [-0.4, -0.2) is 39.7 Å². The predicted molar refractivity (Wildman–Crippen MR) is 118 cm³/mol. The zero-order valence-corrected chi connectivity index (χ0v) is 17.0. The number of ether oxygens (including phenoxy) is 1. The zero-order valence-electron chi connectivity index (χ0n) is 17.0. The van der Waals surface area contributed by atoms with Crippen LogP contribution in [0.1, 0.15) is 29.3 Å². The number of aliphatic imine (C=N–C) groups is 1. The van der Waals surface area contributed by atoms with E-state index in [9.17, 15) is 4.79 Å². The Morgan fingerprint density at radius 1 is 1.00 bits per heavy atom. The van der Waals surface area contributed by atoms with Crippen molar-refractivity contribution in [3.05, 3.63) is 65.7 Å². The third-order valence-electron chi connectivity index (χ3n) is 5.67. The fraction of sp³-hybridized carbons (Fsp3) is 0.250. The van der Waals surface area contributed by atoms with Crippen LogP contribution in [0.15, 0.2) is 59.6 Å². The molecule has 30 heavy (non-hydrogen) atoms. The fourth-order valence-electron chi connectivity index (χ4n) is 4.13. The Hall–Kier alpha value is -3.38. The van der Waals surface area contributed by atoms with E-state index in [0.717, 1.165) is 22.3 Å². The molecular weight excluding hydrogens is 376 g/mol. The number of aromatic nitrogens is 3. The highest BCUT2D eigenvalue weighted by Crippen LogP contribution is 2.38. The minimum Gasteiger partial charge on any atom is -0.385 e. The largest absolute Gasteiger partial charge is 0.385 e. The van der Waals surface area contributed by atoms with Crippen LogP contribution in [-0.2, 0) is 11.3 Å². The first-order valence-corrected chi connectivity index (χ1v) is 10.1. The van der Waals surface area contributed by atoms with E-state index < -0.39 is 0 Å². The molecule has 0 fully saturated rings. The lowest BCUT2D eigenvalue weighted by Crippen LogP contribution is -2.27. The molecule has 5 rings (SSSR count). The third kappa shape index (κ3) is 3.00. The summed E-state index contributed by atoms with van der Waals surface area (Å²) in [6.07, 6.45) is 0.608. The zero-order chi connectivity index (χ0) is 20.7. The van der Waals surface area contributed by atoms with Crippen molar-refractivity contribution in [1.82, 2.24) is 14.5 Å². The van der Waals surface area contributed by atoms with E-state index in [-0.39, 0.29) is 11.7 Å². The maximum absolute atomic E-state index is 13.5. The van der Waals surface area contributed by atoms with E-state index >= 15 is 0 Å². The highest BCUT2D eigenvalue weighted by atomic mass is 16.5. The first-order valence-electron chi connectivity index (χ1n) is 10.1. The number of nitrogens with zero attached hydrogens (tertiary/aromatic N) is 4. The van der Waals surface area contributed by atoms with Gasteiger partial charge in [0.2, 0.25) is 0 Å². The Kier molecular flexibility index (Phi) is 4.64. The number of Topliss-reactive ketones (excluding diaryl/α,β-unsaturated/α-hetero) is 1. The molecule has 0 radical (unpaired) electrons. The number of hydrogen-bond donors (Lipinski definition) is 0. The van der Waals surface area contributed by atoms with Gasteiger partial charge in [-0.2, -0.15) is 0 Å². The van der Waals surface area contributed by atoms with E-state index in [0.29, 0.717) is 42.1 Å². The lowest BCUT2D eigenvalue weighted by atomic mass is 9.89. The van der Waals surface area contributed by atoms with Crippen molar-refractivity contribution in [1.29, 1.82) is 0 Å². The standard InChI is InChI=1S/C24H22N4O2/c1-15-17(12-13-30-2)22(29)20-21-24(27-19-11-7-6-10-18(19)26-21)28(23(20)25-15)14-16-8-4-3-5-9-16/h3-11,17H,12-14H2,1-2H3/t17-/m1/s1. The number of fused-ring (bicyclic) bond motifs is 4. The summed E-state index contributed by atoms with van der Waals surface area (Å²) in [7, 11) is 1.65. The molecule has 2 aromatic carbocycles. The van der Waals surface area contributed by atoms with Crippen LogP contribution in [0.5, 0.6) is 0 Å². The molecule has 6 heteroatoms. The van der Waals surface area contributed by atoms with Gasteiger partial charge >= 0.3 is 0 Å². The van der Waals surface area contributed by atoms with E-state index in [4.69, 9.17) is 19.7 Å². The quantitative estimate of drug-likeness (QED) is 0.494. The van der Waals surface area contributed by atoms with Crippen molar-refractivity contribution in [3.8, 4) is 0 Å². The van der Waals surface area contributed by atoms with E-state index in [2.05, 4.69) is 12.1 Å². The second-order valence-electron chi connectivity index (χ2n) is 7.61. The number of methoxy groups -OCH3 is 1. The minimum absolute atomic E-state index is 0.0518. The van der Waals surface area contributed by atoms with Crippen LogP contribution in [0.25, 0.3) is 22.2 Å². The number of carbonyl (C=O) groups excluding carboxylic acids is 1. The SMILES string of the molecule is COCC[C@H]1C(=O)c2c(n(Cc3ccccc3)c3nc4ccccc4nc23)N=C1C. The number of benzene rings is 2. The molecule has 6 nitrogen and oxygen atoms in total. The predicted octanol–water partition coefficient (Wildman–Crippen LogP) is 4.57. The lowest BCUT2D eigenvalue weighted by Gasteiger charge is -2.20. The molecule has 1 atom stereocenters. The molecular formula is C24H22N4O2. The average molecular weight is 398 g/mol. The van der Waals surface area contributed by atoms with Crippen molar-refractivity contribution in [2.75, 3.05) is 13.7 Å². The van der Waals surface area contributed by atoms with Gasteiger partial charge in [-0.15, -0.1) is 0 Å². The molecule has 150 valence electrons. The topological polar surface area (TPSA) is 69.4 Å². The van der Waals surface area contributed by atoms with Gasteiger partial charge < -0.3 is 9.30 Å². The minimum atomic E-state index is -0.290. The molecule has 0 saturated heterocycles. The third-order valence-corrected chi connectivity index (χ3v) is 5.67. The Bertz CT molecular complexity index is 1290. The molecule has 2 aromatic heterocycles. The Morgan fingerprint density at radius 3 is 2.43 bits per heavy atom. The van der Waals surface area contributed by atoms with Gasteiger partial charge in [-0.3, -0.25) is 4.79 Å². The summed E-state index contributed by atoms with van der Waals surface area (Å²) in [5.74, 6) is 0.415. The molecule has 0 unspecified atom stereocenters. The summed E-state index contributed by atoms with van der Waals surface area (Å²) in [6.45, 7) is 3.01. The molecule has 0 aliphatic carbocycles. The summed E-state index contributed by atoms with van der Waals surface area (Å²) in [4.78, 5) is 28.1. The van der Waals surface area contributed by atoms with Gasteiger partial charge in [-0.25, -0.2) is 15.0 Å². The molecule has 1 aliphatic heterocycles. The van der Waals surface area contributed by atoms with E-state index in [1.807, 2.05) is 54.0 Å². The second kappa shape index (κ2) is 7.46. The lowest BCUT2D eigenvalue weighted by molar-refractivity contribution is 0.0925. The fourth-order valence-corrected chi connectivity index (χ4v) is 4.13. The van der Waals surface area contributed by atoms with Crippen LogP contribution in [0.4, 0.5) is 5.82 Å². The van der Waals surface area contributed by atoms with E-state index in [1.165, 1.54) is 0 Å². The van der Waals surface area contributed by atoms with Crippen molar-refractivity contribution >= 4 is 39.5 Å². The summed E-state index contributed by atoms with van der Waals surface area (Å²) in [5, 5.41) is 0. The number of rotatable bonds is 5. The normalized spacial score (nSPS) is 16.1. The summed E-state index contributed by atoms with van der Waals surface area (Å²) in [5.41, 5.74) is 5.41. The van der Waals surface area contributed by atoms with Gasteiger partial charge in [-0.05, 0) is 31.0 Å². The van der Waals surface area contributed by atoms with Gasteiger partial charge in [0.15, 0.2) is 11.4 Å². The summed E-state index contributed by atoms with van der Waals surface area (Å²) in [6, 6.07) is 17.9. The van der Waals surface area contributed by atoms with Crippen LogP contribution in [0, 0.1) is 5.92 Å². The van der Waals surface area contributed by atoms with Gasteiger partial charge in [0.1, 0.15) is 11.3 Å². The highest BCUT2D eigenvalue weighted by molar-refractivity contribution is 6.22. The smallest absolute Gasteiger partial charge is 0.177 e. The molecule has 0 saturated carbocycles. The molecule has 0 N–H and O–H groups in total. The molecule has 3 heterocycles. The van der Waals surface area contributed by atoms with Crippen LogP contribution in [0.3, 0.4) is 0 Å². The van der Waals surface area contributed by atoms with Crippen molar-refractivity contribution in [3.63, 3.8) is 0 Å². The molecule has 0 spiro atoms. The summed E-state index contributed by atoms with van der Waals surface area (Å²) >= 11 is 0. The molecule has 0 amide bonds. The van der Waals surface area contributed by atoms with Gasteiger partial charge in [0.25, 0.3) is 0 Å². The first-order chi connectivity index (χ1) is 14.7. The Balaban J connectivity index is 1.77. The second-order valence-corrected chi connectivity index (χ2v) is 7.61. The van der Waals surface area contributed by atoms with Crippen molar-refractivity contribution in [2.45, 2.75) is 19.9 Å². The number of ketones is 1.